The Morgan fingerprint density at radius 1 is 0.577 bits per heavy atom. The topological polar surface area (TPSA) is 59.5 Å². The lowest BCUT2D eigenvalue weighted by Gasteiger charge is -2.39. The van der Waals surface area contributed by atoms with Crippen molar-refractivity contribution in [3.8, 4) is 45.5 Å². The van der Waals surface area contributed by atoms with Crippen LogP contribution < -0.4 is 19.7 Å². The Hall–Kier alpha value is -5.62. The van der Waals surface area contributed by atoms with E-state index in [1.807, 2.05) is 24.5 Å². The van der Waals surface area contributed by atoms with Crippen LogP contribution in [0.5, 0.6) is 23.0 Å². The first kappa shape index (κ1) is 33.5. The van der Waals surface area contributed by atoms with Crippen LogP contribution in [0.3, 0.4) is 0 Å². The lowest BCUT2D eigenvalue weighted by molar-refractivity contribution is 0.469. The molecule has 0 spiro atoms. The minimum atomic E-state index is 0.806. The van der Waals surface area contributed by atoms with Crippen molar-refractivity contribution in [2.24, 2.45) is 0 Å². The van der Waals surface area contributed by atoms with E-state index in [2.05, 4.69) is 117 Å². The van der Waals surface area contributed by atoms with E-state index in [1.165, 1.54) is 22.3 Å². The number of fused-ring (bicyclic) bond motifs is 4. The average Bonchev–Trinajstić information content (AvgIpc) is 3.17. The van der Waals surface area contributed by atoms with Crippen LogP contribution in [-0.2, 0) is 25.7 Å². The predicted octanol–water partition coefficient (Wildman–Crippen LogP) is 13.0. The highest BCUT2D eigenvalue weighted by Gasteiger charge is 2.36. The molecule has 2 aliphatic heterocycles. The Kier molecular flexibility index (Phi) is 9.38. The van der Waals surface area contributed by atoms with E-state index in [0.717, 1.165) is 125 Å². The zero-order valence-corrected chi connectivity index (χ0v) is 30.6. The number of nitrogens with zero attached hydrogens (tertiary/aromatic N) is 3. The number of ether oxygens (including phenoxy) is 2. The predicted molar refractivity (Wildman–Crippen MR) is 213 cm³/mol. The number of para-hydroxylation sites is 1. The van der Waals surface area contributed by atoms with E-state index < -0.39 is 0 Å². The summed E-state index contributed by atoms with van der Waals surface area (Å²) in [6, 6.07) is 32.2. The molecule has 4 heterocycles. The summed E-state index contributed by atoms with van der Waals surface area (Å²) < 4.78 is 13.9. The van der Waals surface area contributed by atoms with Crippen LogP contribution in [0.4, 0.5) is 28.4 Å². The lowest BCUT2D eigenvalue weighted by atomic mass is 9.92. The Balaban J connectivity index is 1.48. The van der Waals surface area contributed by atoms with Crippen molar-refractivity contribution in [3.05, 3.63) is 126 Å². The smallest absolute Gasteiger partial charge is 0.154 e. The van der Waals surface area contributed by atoms with E-state index in [4.69, 9.17) is 19.4 Å². The first-order chi connectivity index (χ1) is 25.6. The highest BCUT2D eigenvalue weighted by Crippen LogP contribution is 2.60. The van der Waals surface area contributed by atoms with Gasteiger partial charge < -0.3 is 19.7 Å². The van der Waals surface area contributed by atoms with Crippen LogP contribution in [0.25, 0.3) is 22.5 Å². The SMILES string of the molecule is CCCc1ccc2c(c1)Nc1c(cc(CCC)c(N3c4cccc(CCC)c4Oc4cc(CCC)cc(-c5ccccn5)c43)c1-c1ccccn1)O2. The minimum absolute atomic E-state index is 0.806. The van der Waals surface area contributed by atoms with E-state index in [0.29, 0.717) is 0 Å². The molecule has 6 aromatic rings. The number of anilines is 5. The van der Waals surface area contributed by atoms with Crippen LogP contribution in [0.15, 0.2) is 103 Å². The summed E-state index contributed by atoms with van der Waals surface area (Å²) in [6.07, 6.45) is 11.6. The van der Waals surface area contributed by atoms with Gasteiger partial charge in [-0.05, 0) is 109 Å². The number of hydrogen-bond acceptors (Lipinski definition) is 6. The Morgan fingerprint density at radius 3 is 2.04 bits per heavy atom. The molecule has 2 aromatic heterocycles. The molecule has 0 bridgehead atoms. The van der Waals surface area contributed by atoms with Gasteiger partial charge in [0.1, 0.15) is 0 Å². The zero-order valence-electron chi connectivity index (χ0n) is 30.6. The molecular formula is C46H46N4O2. The first-order valence-electron chi connectivity index (χ1n) is 19.0. The number of hydrogen-bond donors (Lipinski definition) is 1. The van der Waals surface area contributed by atoms with E-state index in [1.54, 1.807) is 0 Å². The molecule has 0 aliphatic carbocycles. The van der Waals surface area contributed by atoms with Crippen LogP contribution in [0, 0.1) is 0 Å². The third-order valence-corrected chi connectivity index (χ3v) is 9.95. The van der Waals surface area contributed by atoms with Crippen molar-refractivity contribution in [1.82, 2.24) is 9.97 Å². The third kappa shape index (κ3) is 6.06. The zero-order chi connectivity index (χ0) is 35.6. The molecule has 0 atom stereocenters. The highest BCUT2D eigenvalue weighted by molar-refractivity contribution is 6.04. The second kappa shape index (κ2) is 14.5. The van der Waals surface area contributed by atoms with Crippen LogP contribution in [-0.4, -0.2) is 9.97 Å². The van der Waals surface area contributed by atoms with E-state index >= 15 is 0 Å². The monoisotopic (exact) mass is 686 g/mol. The van der Waals surface area contributed by atoms with Crippen molar-refractivity contribution >= 4 is 28.4 Å². The van der Waals surface area contributed by atoms with Gasteiger partial charge in [-0.1, -0.05) is 83.7 Å². The average molecular weight is 687 g/mol. The summed E-state index contributed by atoms with van der Waals surface area (Å²) in [7, 11) is 0. The fourth-order valence-corrected chi connectivity index (χ4v) is 7.76. The quantitative estimate of drug-likeness (QED) is 0.146. The molecule has 1 N–H and O–H groups in total. The molecule has 0 unspecified atom stereocenters. The largest absolute Gasteiger partial charge is 0.453 e. The summed E-state index contributed by atoms with van der Waals surface area (Å²) in [5, 5.41) is 3.87. The summed E-state index contributed by atoms with van der Waals surface area (Å²) >= 11 is 0. The van der Waals surface area contributed by atoms with Crippen LogP contribution in [0.1, 0.15) is 75.6 Å². The van der Waals surface area contributed by atoms with Gasteiger partial charge in [-0.2, -0.15) is 0 Å². The molecular weight excluding hydrogens is 641 g/mol. The molecule has 4 aromatic carbocycles. The maximum atomic E-state index is 7.08. The molecule has 6 heteroatoms. The Morgan fingerprint density at radius 2 is 1.31 bits per heavy atom. The molecule has 2 aliphatic rings. The summed E-state index contributed by atoms with van der Waals surface area (Å²) in [6.45, 7) is 8.91. The van der Waals surface area contributed by atoms with Gasteiger partial charge in [0.05, 0.1) is 45.4 Å². The van der Waals surface area contributed by atoms with Gasteiger partial charge in [-0.3, -0.25) is 9.97 Å². The second-order valence-electron chi connectivity index (χ2n) is 13.8. The molecule has 0 saturated carbocycles. The highest BCUT2D eigenvalue weighted by atomic mass is 16.5. The van der Waals surface area contributed by atoms with Gasteiger partial charge >= 0.3 is 0 Å². The van der Waals surface area contributed by atoms with Gasteiger partial charge in [-0.15, -0.1) is 0 Å². The molecule has 0 radical (unpaired) electrons. The van der Waals surface area contributed by atoms with E-state index in [9.17, 15) is 0 Å². The molecule has 0 saturated heterocycles. The first-order valence-corrected chi connectivity index (χ1v) is 19.0. The van der Waals surface area contributed by atoms with Crippen molar-refractivity contribution in [2.75, 3.05) is 10.2 Å². The van der Waals surface area contributed by atoms with Gasteiger partial charge in [0.25, 0.3) is 0 Å². The third-order valence-electron chi connectivity index (χ3n) is 9.95. The standard InChI is InChI=1S/C46H46N4O2/c1-5-14-30-22-23-39-37(27-30)49-43-40(51-39)29-33(17-8-4)44(42(43)36-20-10-12-25-48-36)50-38-21-13-18-32(16-7-3)46(38)52-41-28-31(15-6-2)26-34(45(41)50)35-19-9-11-24-47-35/h9-13,18-29,49H,5-8,14-17H2,1-4H3. The van der Waals surface area contributed by atoms with Crippen molar-refractivity contribution in [3.63, 3.8) is 0 Å². The van der Waals surface area contributed by atoms with Crippen LogP contribution in [0.2, 0.25) is 0 Å². The number of benzene rings is 4. The van der Waals surface area contributed by atoms with Crippen molar-refractivity contribution in [1.29, 1.82) is 0 Å². The molecule has 0 amide bonds. The molecule has 262 valence electrons. The van der Waals surface area contributed by atoms with E-state index in [-0.39, 0.29) is 0 Å². The van der Waals surface area contributed by atoms with Gasteiger partial charge in [-0.25, -0.2) is 0 Å². The summed E-state index contributed by atoms with van der Waals surface area (Å²) in [5.74, 6) is 3.39. The number of aromatic nitrogens is 2. The number of aryl methyl sites for hydroxylation is 4. The summed E-state index contributed by atoms with van der Waals surface area (Å²) in [5.41, 5.74) is 13.7. The second-order valence-corrected chi connectivity index (χ2v) is 13.8. The lowest BCUT2D eigenvalue weighted by Crippen LogP contribution is -2.21. The van der Waals surface area contributed by atoms with Crippen molar-refractivity contribution in [2.45, 2.75) is 79.1 Å². The maximum absolute atomic E-state index is 7.08. The fraction of sp³-hybridized carbons (Fsp3) is 0.261. The molecule has 52 heavy (non-hydrogen) atoms. The normalized spacial score (nSPS) is 12.5. The van der Waals surface area contributed by atoms with Crippen LogP contribution >= 0.6 is 0 Å². The van der Waals surface area contributed by atoms with Gasteiger partial charge in [0.2, 0.25) is 0 Å². The molecule has 8 rings (SSSR count). The van der Waals surface area contributed by atoms with Gasteiger partial charge in [0, 0.05) is 18.0 Å². The number of pyridine rings is 2. The Bertz CT molecular complexity index is 2230. The molecule has 6 nitrogen and oxygen atoms in total. The number of rotatable bonds is 11. The fourth-order valence-electron chi connectivity index (χ4n) is 7.76. The van der Waals surface area contributed by atoms with Gasteiger partial charge in [0.15, 0.2) is 23.0 Å². The number of nitrogens with one attached hydrogen (secondary N) is 1. The molecule has 0 fully saturated rings. The summed E-state index contributed by atoms with van der Waals surface area (Å²) in [4.78, 5) is 12.4. The maximum Gasteiger partial charge on any atom is 0.154 e. The van der Waals surface area contributed by atoms with Crippen molar-refractivity contribution < 1.29 is 9.47 Å². The Labute approximate surface area is 307 Å². The minimum Gasteiger partial charge on any atom is -0.453 e.